The third-order valence-corrected chi connectivity index (χ3v) is 5.52. The first kappa shape index (κ1) is 19.3. The zero-order valence-electron chi connectivity index (χ0n) is 17.4. The predicted octanol–water partition coefficient (Wildman–Crippen LogP) is 3.60. The topological polar surface area (TPSA) is 121 Å². The largest absolute Gasteiger partial charge is 0.390 e. The van der Waals surface area contributed by atoms with Crippen LogP contribution < -0.4 is 0 Å². The molecule has 0 unspecified atom stereocenters. The van der Waals surface area contributed by atoms with Crippen LogP contribution in [0, 0.1) is 5.82 Å². The summed E-state index contributed by atoms with van der Waals surface area (Å²) in [5.74, 6) is 0.139. The number of pyridine rings is 2. The maximum atomic E-state index is 14.5. The molecular formula is C23H17FN8O. The number of hydrogen-bond donors (Lipinski definition) is 3. The van der Waals surface area contributed by atoms with Crippen LogP contribution in [0.2, 0.25) is 0 Å². The number of H-pyrrole nitrogens is 2. The minimum Gasteiger partial charge on any atom is -0.390 e. The Morgan fingerprint density at radius 2 is 1.91 bits per heavy atom. The average Bonchev–Trinajstić information content (AvgIpc) is 3.54. The molecule has 5 heterocycles. The monoisotopic (exact) mass is 440 g/mol. The molecular weight excluding hydrogens is 423 g/mol. The fraction of sp³-hybridized carbons (Fsp3) is 0.0870. The number of halogens is 1. The van der Waals surface area contributed by atoms with Crippen LogP contribution in [0.5, 0.6) is 0 Å². The van der Waals surface area contributed by atoms with E-state index in [0.29, 0.717) is 50.7 Å². The number of imidazole rings is 1. The zero-order valence-corrected chi connectivity index (χ0v) is 17.4. The number of hydrogen-bond acceptors (Lipinski definition) is 6. The summed E-state index contributed by atoms with van der Waals surface area (Å²) >= 11 is 0. The summed E-state index contributed by atoms with van der Waals surface area (Å²) in [7, 11) is 1.79. The van der Waals surface area contributed by atoms with Crippen molar-refractivity contribution in [1.82, 2.24) is 39.9 Å². The lowest BCUT2D eigenvalue weighted by molar-refractivity contribution is 0.276. The number of aromatic nitrogens is 8. The Bertz CT molecular complexity index is 1650. The van der Waals surface area contributed by atoms with Gasteiger partial charge < -0.3 is 10.1 Å². The van der Waals surface area contributed by atoms with Crippen molar-refractivity contribution < 1.29 is 9.50 Å². The molecule has 0 aliphatic carbocycles. The number of aromatic amines is 2. The van der Waals surface area contributed by atoms with E-state index in [4.69, 9.17) is 4.98 Å². The Morgan fingerprint density at radius 3 is 2.76 bits per heavy atom. The van der Waals surface area contributed by atoms with Crippen LogP contribution in [-0.4, -0.2) is 45.0 Å². The van der Waals surface area contributed by atoms with Crippen LogP contribution in [0.15, 0.2) is 54.9 Å². The number of aliphatic hydroxyl groups excluding tert-OH is 1. The molecule has 1 aromatic carbocycles. The minimum absolute atomic E-state index is 0.192. The number of nitrogens with one attached hydrogen (secondary N) is 2. The SMILES string of the molecule is Cn1cc(-c2ccc3[nH]nc(-c4nc5nccc(-c6ccccc6F)c5[nH]4)c3n2)c(CO)n1. The lowest BCUT2D eigenvalue weighted by atomic mass is 10.1. The third-order valence-electron chi connectivity index (χ3n) is 5.52. The molecule has 0 saturated heterocycles. The molecule has 0 bridgehead atoms. The van der Waals surface area contributed by atoms with Crippen LogP contribution in [0.3, 0.4) is 0 Å². The Hall–Kier alpha value is -4.44. The highest BCUT2D eigenvalue weighted by atomic mass is 19.1. The first-order chi connectivity index (χ1) is 16.1. The number of nitrogens with zero attached hydrogens (tertiary/aromatic N) is 6. The normalized spacial score (nSPS) is 11.6. The number of rotatable bonds is 4. The second-order valence-corrected chi connectivity index (χ2v) is 7.61. The fourth-order valence-electron chi connectivity index (χ4n) is 4.01. The van der Waals surface area contributed by atoms with Gasteiger partial charge in [0.15, 0.2) is 17.2 Å². The number of benzene rings is 1. The predicted molar refractivity (Wildman–Crippen MR) is 120 cm³/mol. The maximum absolute atomic E-state index is 14.5. The van der Waals surface area contributed by atoms with Crippen molar-refractivity contribution in [3.8, 4) is 33.9 Å². The van der Waals surface area contributed by atoms with Crippen molar-refractivity contribution in [2.45, 2.75) is 6.61 Å². The van der Waals surface area contributed by atoms with Crippen molar-refractivity contribution in [3.63, 3.8) is 0 Å². The number of aliphatic hydroxyl groups is 1. The van der Waals surface area contributed by atoms with E-state index in [1.807, 2.05) is 18.3 Å². The second kappa shape index (κ2) is 7.31. The Kier molecular flexibility index (Phi) is 4.27. The van der Waals surface area contributed by atoms with Gasteiger partial charge in [0.1, 0.15) is 11.3 Å². The molecule has 0 amide bonds. The minimum atomic E-state index is -0.325. The molecule has 0 fully saturated rings. The Labute approximate surface area is 186 Å². The van der Waals surface area contributed by atoms with Gasteiger partial charge in [-0.15, -0.1) is 0 Å². The van der Waals surface area contributed by atoms with Gasteiger partial charge in [-0.05, 0) is 24.3 Å². The van der Waals surface area contributed by atoms with Gasteiger partial charge >= 0.3 is 0 Å². The second-order valence-electron chi connectivity index (χ2n) is 7.61. The van der Waals surface area contributed by atoms with Crippen molar-refractivity contribution in [2.24, 2.45) is 7.05 Å². The van der Waals surface area contributed by atoms with E-state index in [0.717, 1.165) is 11.1 Å². The molecule has 5 aromatic heterocycles. The van der Waals surface area contributed by atoms with Crippen molar-refractivity contribution in [2.75, 3.05) is 0 Å². The van der Waals surface area contributed by atoms with E-state index in [9.17, 15) is 9.50 Å². The molecule has 0 spiro atoms. The quantitative estimate of drug-likeness (QED) is 0.385. The Morgan fingerprint density at radius 1 is 1.03 bits per heavy atom. The van der Waals surface area contributed by atoms with E-state index < -0.39 is 0 Å². The summed E-state index contributed by atoms with van der Waals surface area (Å²) in [6.07, 6.45) is 3.41. The van der Waals surface area contributed by atoms with Gasteiger partial charge in [0.25, 0.3) is 0 Å². The highest BCUT2D eigenvalue weighted by Gasteiger charge is 2.19. The highest BCUT2D eigenvalue weighted by molar-refractivity contribution is 5.95. The smallest absolute Gasteiger partial charge is 0.178 e. The molecule has 33 heavy (non-hydrogen) atoms. The first-order valence-corrected chi connectivity index (χ1v) is 10.2. The summed E-state index contributed by atoms with van der Waals surface area (Å²) in [5.41, 5.74) is 5.96. The lowest BCUT2D eigenvalue weighted by Gasteiger charge is -2.03. The van der Waals surface area contributed by atoms with Crippen LogP contribution >= 0.6 is 0 Å². The van der Waals surface area contributed by atoms with E-state index in [2.05, 4.69) is 30.2 Å². The number of fused-ring (bicyclic) bond motifs is 2. The molecule has 0 saturated carbocycles. The summed E-state index contributed by atoms with van der Waals surface area (Å²) in [4.78, 5) is 17.0. The van der Waals surface area contributed by atoms with Gasteiger partial charge in [-0.1, -0.05) is 18.2 Å². The fourth-order valence-corrected chi connectivity index (χ4v) is 4.01. The number of aryl methyl sites for hydroxylation is 1. The van der Waals surface area contributed by atoms with Crippen LogP contribution in [0.1, 0.15) is 5.69 Å². The van der Waals surface area contributed by atoms with Crippen molar-refractivity contribution in [1.29, 1.82) is 0 Å². The van der Waals surface area contributed by atoms with Gasteiger partial charge in [-0.25, -0.2) is 19.3 Å². The first-order valence-electron chi connectivity index (χ1n) is 10.2. The summed E-state index contributed by atoms with van der Waals surface area (Å²) in [6.45, 7) is -0.192. The van der Waals surface area contributed by atoms with Crippen LogP contribution in [0.4, 0.5) is 4.39 Å². The average molecular weight is 440 g/mol. The highest BCUT2D eigenvalue weighted by Crippen LogP contribution is 2.32. The van der Waals surface area contributed by atoms with E-state index >= 15 is 0 Å². The van der Waals surface area contributed by atoms with E-state index in [1.54, 1.807) is 42.2 Å². The summed E-state index contributed by atoms with van der Waals surface area (Å²) in [5, 5.41) is 21.3. The van der Waals surface area contributed by atoms with Gasteiger partial charge in [-0.3, -0.25) is 9.78 Å². The third kappa shape index (κ3) is 3.07. The van der Waals surface area contributed by atoms with Gasteiger partial charge in [-0.2, -0.15) is 10.2 Å². The maximum Gasteiger partial charge on any atom is 0.178 e. The summed E-state index contributed by atoms with van der Waals surface area (Å²) in [6, 6.07) is 12.0. The molecule has 10 heteroatoms. The molecule has 6 rings (SSSR count). The molecule has 0 aliphatic heterocycles. The van der Waals surface area contributed by atoms with Crippen LogP contribution in [0.25, 0.3) is 56.1 Å². The van der Waals surface area contributed by atoms with Gasteiger partial charge in [0.05, 0.1) is 29.0 Å². The standard InChI is InChI=1S/C23H17FN8O/c1-32-10-14(18(11-33)31-32)16-6-7-17-20(26-16)21(30-29-17)23-27-19-13(8-9-25-22(19)28-23)12-4-2-3-5-15(12)24/h2-10,33H,11H2,1H3,(H,29,30)(H,25,27,28). The van der Waals surface area contributed by atoms with E-state index in [1.165, 1.54) is 6.07 Å². The van der Waals surface area contributed by atoms with Gasteiger partial charge in [0.2, 0.25) is 0 Å². The molecule has 0 atom stereocenters. The van der Waals surface area contributed by atoms with Crippen molar-refractivity contribution in [3.05, 3.63) is 66.4 Å². The molecule has 0 radical (unpaired) electrons. The molecule has 3 N–H and O–H groups in total. The molecule has 162 valence electrons. The molecule has 0 aliphatic rings. The zero-order chi connectivity index (χ0) is 22.5. The molecule has 6 aromatic rings. The van der Waals surface area contributed by atoms with Crippen molar-refractivity contribution >= 4 is 22.2 Å². The lowest BCUT2D eigenvalue weighted by Crippen LogP contribution is -1.92. The van der Waals surface area contributed by atoms with Gasteiger partial charge in [0, 0.05) is 36.1 Å². The van der Waals surface area contributed by atoms with Crippen LogP contribution in [-0.2, 0) is 13.7 Å². The summed E-state index contributed by atoms with van der Waals surface area (Å²) < 4.78 is 16.1. The van der Waals surface area contributed by atoms with E-state index in [-0.39, 0.29) is 12.4 Å². The Balaban J connectivity index is 1.52. The molecule has 9 nitrogen and oxygen atoms in total.